The van der Waals surface area contributed by atoms with Crippen LogP contribution in [0.1, 0.15) is 27.9 Å². The molecule has 0 atom stereocenters. The molecule has 1 saturated heterocycles. The Morgan fingerprint density at radius 3 is 2.42 bits per heavy atom. The maximum atomic E-state index is 12.8. The second-order valence-corrected chi connectivity index (χ2v) is 9.74. The summed E-state index contributed by atoms with van der Waals surface area (Å²) in [7, 11) is 3.12. The van der Waals surface area contributed by atoms with Gasteiger partial charge in [-0.2, -0.15) is 0 Å². The van der Waals surface area contributed by atoms with Crippen molar-refractivity contribution in [2.45, 2.75) is 6.42 Å². The van der Waals surface area contributed by atoms with E-state index in [0.29, 0.717) is 34.5 Å². The van der Waals surface area contributed by atoms with Gasteiger partial charge >= 0.3 is 5.97 Å². The van der Waals surface area contributed by atoms with E-state index in [4.69, 9.17) is 9.73 Å². The number of aromatic amines is 1. The zero-order valence-electron chi connectivity index (χ0n) is 22.7. The van der Waals surface area contributed by atoms with Gasteiger partial charge in [-0.15, -0.1) is 0 Å². The summed E-state index contributed by atoms with van der Waals surface area (Å²) in [6.45, 7) is 4.60. The van der Waals surface area contributed by atoms with Crippen LogP contribution in [0.15, 0.2) is 77.8 Å². The van der Waals surface area contributed by atoms with Gasteiger partial charge < -0.3 is 29.9 Å². The lowest BCUT2D eigenvalue weighted by Crippen LogP contribution is -2.44. The number of nitrogens with zero attached hydrogens (tertiary/aromatic N) is 3. The number of hydrogen-bond donors (Lipinski definition) is 3. The lowest BCUT2D eigenvalue weighted by atomic mass is 10.00. The standard InChI is InChI=1S/C31H33N5O4/c1-35(27(37)14-17-36-18-15-32-16-19-36)24-11-9-23(10-12-24)33-29(21-6-4-3-5-7-21)28-25-13-8-22(31(39)40-2)20-26(25)34-30(28)38/h3-13,20,32,34,38H,14-19H2,1-2H3. The van der Waals surface area contributed by atoms with Gasteiger partial charge in [0.05, 0.1) is 29.6 Å². The number of aromatic nitrogens is 1. The molecule has 0 saturated carbocycles. The number of anilines is 1. The van der Waals surface area contributed by atoms with Crippen molar-refractivity contribution in [1.82, 2.24) is 15.2 Å². The Bertz CT molecular complexity index is 1520. The van der Waals surface area contributed by atoms with E-state index in [2.05, 4.69) is 15.2 Å². The fraction of sp³-hybridized carbons (Fsp3) is 0.258. The SMILES string of the molecule is COC(=O)c1ccc2c(C(=Nc3ccc(N(C)C(=O)CCN4CCNCC4)cc3)c3ccccc3)c(O)[nH]c2c1. The number of rotatable bonds is 8. The number of carbonyl (C=O) groups is 2. The van der Waals surface area contributed by atoms with E-state index < -0.39 is 5.97 Å². The van der Waals surface area contributed by atoms with Gasteiger partial charge in [0.2, 0.25) is 5.91 Å². The number of nitrogens with one attached hydrogen (secondary N) is 2. The first-order valence-corrected chi connectivity index (χ1v) is 13.3. The summed E-state index contributed by atoms with van der Waals surface area (Å²) in [6, 6.07) is 22.2. The number of fused-ring (bicyclic) bond motifs is 1. The van der Waals surface area contributed by atoms with Crippen molar-refractivity contribution in [1.29, 1.82) is 0 Å². The molecule has 2 heterocycles. The van der Waals surface area contributed by atoms with E-state index in [9.17, 15) is 14.7 Å². The molecule has 0 unspecified atom stereocenters. The summed E-state index contributed by atoms with van der Waals surface area (Å²) in [6.07, 6.45) is 0.464. The normalized spacial score (nSPS) is 14.3. The van der Waals surface area contributed by atoms with E-state index in [1.54, 1.807) is 30.1 Å². The zero-order valence-corrected chi connectivity index (χ0v) is 22.7. The molecule has 9 nitrogen and oxygen atoms in total. The number of methoxy groups -OCH3 is 1. The summed E-state index contributed by atoms with van der Waals surface area (Å²) >= 11 is 0. The summed E-state index contributed by atoms with van der Waals surface area (Å²) in [4.78, 5) is 36.7. The Morgan fingerprint density at radius 1 is 1.00 bits per heavy atom. The second-order valence-electron chi connectivity index (χ2n) is 9.74. The molecule has 1 aromatic heterocycles. The molecule has 3 N–H and O–H groups in total. The van der Waals surface area contributed by atoms with E-state index in [-0.39, 0.29) is 11.8 Å². The van der Waals surface area contributed by atoms with Gasteiger partial charge in [-0.3, -0.25) is 4.79 Å². The summed E-state index contributed by atoms with van der Waals surface area (Å²) in [5.41, 5.74) is 4.35. The van der Waals surface area contributed by atoms with Crippen molar-refractivity contribution in [2.24, 2.45) is 4.99 Å². The molecule has 40 heavy (non-hydrogen) atoms. The van der Waals surface area contributed by atoms with Gasteiger partial charge in [-0.1, -0.05) is 36.4 Å². The fourth-order valence-electron chi connectivity index (χ4n) is 4.91. The molecule has 0 bridgehead atoms. The summed E-state index contributed by atoms with van der Waals surface area (Å²) in [5, 5.41) is 15.0. The first kappa shape index (κ1) is 27.1. The van der Waals surface area contributed by atoms with Crippen molar-refractivity contribution in [3.63, 3.8) is 0 Å². The van der Waals surface area contributed by atoms with E-state index >= 15 is 0 Å². The monoisotopic (exact) mass is 539 g/mol. The average molecular weight is 540 g/mol. The molecule has 1 aliphatic heterocycles. The zero-order chi connectivity index (χ0) is 28.1. The topological polar surface area (TPSA) is 110 Å². The summed E-state index contributed by atoms with van der Waals surface area (Å²) < 4.78 is 4.83. The van der Waals surface area contributed by atoms with Crippen molar-refractivity contribution in [3.8, 4) is 5.88 Å². The Balaban J connectivity index is 1.43. The first-order valence-electron chi connectivity index (χ1n) is 13.3. The van der Waals surface area contributed by atoms with Crippen LogP contribution in [0, 0.1) is 0 Å². The van der Waals surface area contributed by atoms with Gasteiger partial charge in [0.15, 0.2) is 5.88 Å². The number of piperazine rings is 1. The van der Waals surface area contributed by atoms with Crippen molar-refractivity contribution in [2.75, 3.05) is 51.8 Å². The summed E-state index contributed by atoms with van der Waals surface area (Å²) in [5.74, 6) is -0.442. The van der Waals surface area contributed by atoms with Gasteiger partial charge in [0, 0.05) is 68.3 Å². The second kappa shape index (κ2) is 12.1. The number of esters is 1. The predicted molar refractivity (Wildman–Crippen MR) is 157 cm³/mol. The third-order valence-electron chi connectivity index (χ3n) is 7.19. The van der Waals surface area contributed by atoms with E-state index in [1.807, 2.05) is 54.6 Å². The number of aromatic hydroxyl groups is 1. The number of aliphatic imine (C=N–C) groups is 1. The molecule has 1 fully saturated rings. The highest BCUT2D eigenvalue weighted by Crippen LogP contribution is 2.32. The number of ether oxygens (including phenoxy) is 1. The molecule has 9 heteroatoms. The van der Waals surface area contributed by atoms with Crippen LogP contribution in [-0.4, -0.2) is 79.5 Å². The van der Waals surface area contributed by atoms with Crippen molar-refractivity contribution >= 4 is 39.9 Å². The van der Waals surface area contributed by atoms with Crippen LogP contribution in [0.2, 0.25) is 0 Å². The molecular weight excluding hydrogens is 506 g/mol. The minimum atomic E-state index is -0.457. The third kappa shape index (κ3) is 5.90. The molecule has 0 aliphatic carbocycles. The van der Waals surface area contributed by atoms with Crippen LogP contribution >= 0.6 is 0 Å². The van der Waals surface area contributed by atoms with Crippen LogP contribution in [0.3, 0.4) is 0 Å². The highest BCUT2D eigenvalue weighted by atomic mass is 16.5. The number of hydrogen-bond acceptors (Lipinski definition) is 7. The Hall–Kier alpha value is -4.47. The highest BCUT2D eigenvalue weighted by molar-refractivity contribution is 6.22. The van der Waals surface area contributed by atoms with Crippen LogP contribution in [-0.2, 0) is 9.53 Å². The molecule has 206 valence electrons. The van der Waals surface area contributed by atoms with Crippen LogP contribution in [0.25, 0.3) is 10.9 Å². The van der Waals surface area contributed by atoms with Crippen LogP contribution in [0.4, 0.5) is 11.4 Å². The molecular formula is C31H33N5O4. The molecule has 3 aromatic carbocycles. The van der Waals surface area contributed by atoms with Gasteiger partial charge in [-0.05, 0) is 36.4 Å². The molecule has 5 rings (SSSR count). The Kier molecular flexibility index (Phi) is 8.23. The quantitative estimate of drug-likeness (QED) is 0.230. The number of benzene rings is 3. The maximum absolute atomic E-state index is 12.8. The number of H-pyrrole nitrogens is 1. The van der Waals surface area contributed by atoms with Crippen molar-refractivity contribution in [3.05, 3.63) is 89.5 Å². The molecule has 0 radical (unpaired) electrons. The lowest BCUT2D eigenvalue weighted by molar-refractivity contribution is -0.118. The Labute approximate surface area is 233 Å². The van der Waals surface area contributed by atoms with Gasteiger partial charge in [0.1, 0.15) is 0 Å². The van der Waals surface area contributed by atoms with Crippen LogP contribution in [0.5, 0.6) is 5.88 Å². The molecule has 4 aromatic rings. The van der Waals surface area contributed by atoms with E-state index in [0.717, 1.165) is 49.4 Å². The highest BCUT2D eigenvalue weighted by Gasteiger charge is 2.20. The largest absolute Gasteiger partial charge is 0.494 e. The Morgan fingerprint density at radius 2 is 1.73 bits per heavy atom. The maximum Gasteiger partial charge on any atom is 0.337 e. The molecule has 0 spiro atoms. The minimum absolute atomic E-state index is 0.0499. The molecule has 1 aliphatic rings. The lowest BCUT2D eigenvalue weighted by Gasteiger charge is -2.27. The number of carbonyl (C=O) groups excluding carboxylic acids is 2. The van der Waals surface area contributed by atoms with E-state index in [1.165, 1.54) is 7.11 Å². The first-order chi connectivity index (χ1) is 19.4. The minimum Gasteiger partial charge on any atom is -0.494 e. The van der Waals surface area contributed by atoms with Crippen molar-refractivity contribution < 1.29 is 19.4 Å². The average Bonchev–Trinajstić information content (AvgIpc) is 3.33. The third-order valence-corrected chi connectivity index (χ3v) is 7.19. The van der Waals surface area contributed by atoms with Gasteiger partial charge in [-0.25, -0.2) is 9.79 Å². The van der Waals surface area contributed by atoms with Gasteiger partial charge in [0.25, 0.3) is 0 Å². The predicted octanol–water partition coefficient (Wildman–Crippen LogP) is 4.09. The number of amides is 1. The molecule has 1 amide bonds. The fourth-order valence-corrected chi connectivity index (χ4v) is 4.91. The smallest absolute Gasteiger partial charge is 0.337 e. The van der Waals surface area contributed by atoms with Crippen LogP contribution < -0.4 is 10.2 Å².